The van der Waals surface area contributed by atoms with Crippen LogP contribution >= 0.6 is 0 Å². The van der Waals surface area contributed by atoms with Gasteiger partial charge in [0.05, 0.1) is 0 Å². The standard InChI is InChI=1S/C12H22.C2H6/c1-8(2)12-7-6-9(3)10(4)11(12)5;1-2/h6-12H,1-5H3;1-2H3/t9?,10-,11?,12?;/m1./s1. The fraction of sp³-hybridized carbons (Fsp3) is 0.857. The number of rotatable bonds is 1. The number of allylic oxidation sites excluding steroid dienone is 2. The predicted molar refractivity (Wildman–Crippen MR) is 66.3 cm³/mol. The summed E-state index contributed by atoms with van der Waals surface area (Å²) in [5.74, 6) is 4.07. The SMILES string of the molecule is CC.CC(C)C1C=CC(C)[C@@H](C)C1C. The molecule has 0 aromatic rings. The Labute approximate surface area is 90.8 Å². The van der Waals surface area contributed by atoms with Gasteiger partial charge in [0.1, 0.15) is 0 Å². The van der Waals surface area contributed by atoms with Crippen LogP contribution in [0.2, 0.25) is 0 Å². The Morgan fingerprint density at radius 1 is 0.857 bits per heavy atom. The first-order valence-corrected chi connectivity index (χ1v) is 6.22. The zero-order valence-electron chi connectivity index (χ0n) is 11.0. The summed E-state index contributed by atoms with van der Waals surface area (Å²) in [7, 11) is 0. The Morgan fingerprint density at radius 2 is 1.36 bits per heavy atom. The van der Waals surface area contributed by atoms with Gasteiger partial charge in [-0.2, -0.15) is 0 Å². The molecule has 0 radical (unpaired) electrons. The molecule has 1 aliphatic carbocycles. The average Bonchev–Trinajstić information content (AvgIpc) is 2.17. The first kappa shape index (κ1) is 13.7. The van der Waals surface area contributed by atoms with Crippen LogP contribution in [0.15, 0.2) is 12.2 Å². The summed E-state index contributed by atoms with van der Waals surface area (Å²) in [5.41, 5.74) is 0. The van der Waals surface area contributed by atoms with Crippen molar-refractivity contribution in [3.05, 3.63) is 12.2 Å². The van der Waals surface area contributed by atoms with Crippen molar-refractivity contribution in [2.24, 2.45) is 29.6 Å². The monoisotopic (exact) mass is 196 g/mol. The minimum absolute atomic E-state index is 0.773. The van der Waals surface area contributed by atoms with E-state index in [9.17, 15) is 0 Å². The van der Waals surface area contributed by atoms with Crippen LogP contribution in [0.5, 0.6) is 0 Å². The zero-order chi connectivity index (χ0) is 11.3. The molecule has 0 bridgehead atoms. The molecule has 0 nitrogen and oxygen atoms in total. The second kappa shape index (κ2) is 6.27. The van der Waals surface area contributed by atoms with Crippen molar-refractivity contribution in [2.75, 3.05) is 0 Å². The smallest absolute Gasteiger partial charge is 0.0182 e. The van der Waals surface area contributed by atoms with Gasteiger partial charge in [-0.25, -0.2) is 0 Å². The van der Waals surface area contributed by atoms with Crippen LogP contribution in [0.25, 0.3) is 0 Å². The van der Waals surface area contributed by atoms with Gasteiger partial charge in [0.15, 0.2) is 0 Å². The van der Waals surface area contributed by atoms with Crippen LogP contribution in [0.3, 0.4) is 0 Å². The normalized spacial score (nSPS) is 36.6. The summed E-state index contributed by atoms with van der Waals surface area (Å²) in [6, 6.07) is 0. The van der Waals surface area contributed by atoms with Gasteiger partial charge in [-0.15, -0.1) is 0 Å². The lowest BCUT2D eigenvalue weighted by atomic mass is 9.69. The molecule has 0 spiro atoms. The van der Waals surface area contributed by atoms with Gasteiger partial charge in [-0.1, -0.05) is 60.6 Å². The highest BCUT2D eigenvalue weighted by Crippen LogP contribution is 2.36. The van der Waals surface area contributed by atoms with E-state index in [1.165, 1.54) is 0 Å². The number of hydrogen-bond donors (Lipinski definition) is 0. The molecule has 0 N–H and O–H groups in total. The third kappa shape index (κ3) is 3.15. The van der Waals surface area contributed by atoms with Crippen LogP contribution in [-0.4, -0.2) is 0 Å². The Balaban J connectivity index is 0.000000791. The van der Waals surface area contributed by atoms with Crippen molar-refractivity contribution in [1.82, 2.24) is 0 Å². The zero-order valence-corrected chi connectivity index (χ0v) is 11.0. The molecule has 1 aliphatic rings. The van der Waals surface area contributed by atoms with Gasteiger partial charge >= 0.3 is 0 Å². The summed E-state index contributed by atoms with van der Waals surface area (Å²) in [5, 5.41) is 0. The molecular weight excluding hydrogens is 168 g/mol. The molecule has 0 saturated heterocycles. The lowest BCUT2D eigenvalue weighted by molar-refractivity contribution is 0.199. The van der Waals surface area contributed by atoms with Crippen molar-refractivity contribution < 1.29 is 0 Å². The maximum atomic E-state index is 2.43. The van der Waals surface area contributed by atoms with Crippen molar-refractivity contribution in [3.8, 4) is 0 Å². The van der Waals surface area contributed by atoms with E-state index in [-0.39, 0.29) is 0 Å². The van der Waals surface area contributed by atoms with E-state index in [0.29, 0.717) is 0 Å². The maximum Gasteiger partial charge on any atom is -0.0182 e. The van der Waals surface area contributed by atoms with Gasteiger partial charge in [0.25, 0.3) is 0 Å². The quantitative estimate of drug-likeness (QED) is 0.530. The van der Waals surface area contributed by atoms with Crippen LogP contribution in [0, 0.1) is 29.6 Å². The highest BCUT2D eigenvalue weighted by Gasteiger charge is 2.29. The van der Waals surface area contributed by atoms with Gasteiger partial charge in [0, 0.05) is 0 Å². The molecule has 1 rings (SSSR count). The van der Waals surface area contributed by atoms with E-state index in [1.807, 2.05) is 13.8 Å². The van der Waals surface area contributed by atoms with Crippen LogP contribution in [-0.2, 0) is 0 Å². The summed E-state index contributed by atoms with van der Waals surface area (Å²) < 4.78 is 0. The molecule has 3 unspecified atom stereocenters. The van der Waals surface area contributed by atoms with E-state index >= 15 is 0 Å². The molecule has 0 amide bonds. The topological polar surface area (TPSA) is 0 Å². The third-order valence-corrected chi connectivity index (χ3v) is 3.67. The van der Waals surface area contributed by atoms with Gasteiger partial charge in [-0.05, 0) is 29.6 Å². The summed E-state index contributed by atoms with van der Waals surface area (Å²) in [4.78, 5) is 0. The molecule has 0 saturated carbocycles. The summed E-state index contributed by atoms with van der Waals surface area (Å²) in [6.45, 7) is 15.8. The highest BCUT2D eigenvalue weighted by atomic mass is 14.3. The lowest BCUT2D eigenvalue weighted by Gasteiger charge is -2.36. The van der Waals surface area contributed by atoms with Gasteiger partial charge in [-0.3, -0.25) is 0 Å². The summed E-state index contributed by atoms with van der Waals surface area (Å²) >= 11 is 0. The fourth-order valence-corrected chi connectivity index (χ4v) is 2.31. The van der Waals surface area contributed by atoms with Crippen molar-refractivity contribution in [2.45, 2.75) is 48.5 Å². The minimum atomic E-state index is 0.773. The van der Waals surface area contributed by atoms with Crippen LogP contribution in [0.1, 0.15) is 48.5 Å². The molecule has 0 aromatic heterocycles. The van der Waals surface area contributed by atoms with E-state index in [2.05, 4.69) is 46.8 Å². The molecule has 0 heterocycles. The lowest BCUT2D eigenvalue weighted by Crippen LogP contribution is -2.28. The Morgan fingerprint density at radius 3 is 1.79 bits per heavy atom. The first-order valence-electron chi connectivity index (χ1n) is 6.22. The van der Waals surface area contributed by atoms with Crippen LogP contribution in [0.4, 0.5) is 0 Å². The molecule has 0 fully saturated rings. The Bertz CT molecular complexity index is 167. The van der Waals surface area contributed by atoms with Crippen molar-refractivity contribution in [3.63, 3.8) is 0 Å². The maximum absolute atomic E-state index is 2.43. The van der Waals surface area contributed by atoms with Crippen molar-refractivity contribution >= 4 is 0 Å². The van der Waals surface area contributed by atoms with Gasteiger partial charge in [0.2, 0.25) is 0 Å². The highest BCUT2D eigenvalue weighted by molar-refractivity contribution is 5.02. The average molecular weight is 196 g/mol. The number of hydrogen-bond acceptors (Lipinski definition) is 0. The second-order valence-corrected chi connectivity index (χ2v) is 4.78. The van der Waals surface area contributed by atoms with E-state index in [1.54, 1.807) is 0 Å². The molecule has 0 heteroatoms. The second-order valence-electron chi connectivity index (χ2n) is 4.78. The molecule has 14 heavy (non-hydrogen) atoms. The summed E-state index contributed by atoms with van der Waals surface area (Å²) in [6.07, 6.45) is 4.83. The van der Waals surface area contributed by atoms with Crippen molar-refractivity contribution in [1.29, 1.82) is 0 Å². The Hall–Kier alpha value is -0.260. The fourth-order valence-electron chi connectivity index (χ4n) is 2.31. The van der Waals surface area contributed by atoms with E-state index < -0.39 is 0 Å². The molecule has 84 valence electrons. The first-order chi connectivity index (χ1) is 6.54. The van der Waals surface area contributed by atoms with Gasteiger partial charge < -0.3 is 0 Å². The van der Waals surface area contributed by atoms with Crippen LogP contribution < -0.4 is 0 Å². The van der Waals surface area contributed by atoms with E-state index in [0.717, 1.165) is 29.6 Å². The largest absolute Gasteiger partial charge is 0.0851 e. The molecular formula is C14H28. The van der Waals surface area contributed by atoms with E-state index in [4.69, 9.17) is 0 Å². The minimum Gasteiger partial charge on any atom is -0.0851 e. The molecule has 0 aliphatic heterocycles. The third-order valence-electron chi connectivity index (χ3n) is 3.67. The molecule has 0 aromatic carbocycles. The molecule has 4 atom stereocenters. The Kier molecular flexibility index (Phi) is 6.15. The predicted octanol–water partition coefficient (Wildman–Crippen LogP) is 4.76.